The summed E-state index contributed by atoms with van der Waals surface area (Å²) in [6.45, 7) is 3.64. The summed E-state index contributed by atoms with van der Waals surface area (Å²) >= 11 is 3.33. The zero-order valence-electron chi connectivity index (χ0n) is 10.6. The number of carbonyl (C=O) groups is 2. The monoisotopic (exact) mass is 322 g/mol. The van der Waals surface area contributed by atoms with E-state index in [2.05, 4.69) is 20.8 Å². The normalized spacial score (nSPS) is 19.3. The molecule has 0 unspecified atom stereocenters. The number of rotatable bonds is 3. The van der Waals surface area contributed by atoms with Gasteiger partial charge in [0.15, 0.2) is 0 Å². The first-order chi connectivity index (χ1) is 9.16. The van der Waals surface area contributed by atoms with Crippen LogP contribution in [0, 0.1) is 0 Å². The maximum absolute atomic E-state index is 12.0. The molecule has 0 aliphatic carbocycles. The Morgan fingerprint density at radius 2 is 1.84 bits per heavy atom. The third-order valence-corrected chi connectivity index (χ3v) is 4.27. The smallest absolute Gasteiger partial charge is 0.299 e. The van der Waals surface area contributed by atoms with Gasteiger partial charge in [-0.3, -0.25) is 9.59 Å². The lowest BCUT2D eigenvalue weighted by atomic mass is 10.1. The molecular weight excluding hydrogens is 308 g/mol. The first kappa shape index (κ1) is 12.8. The number of hydrogen-bond acceptors (Lipinski definition) is 3. The molecule has 0 atom stereocenters. The fourth-order valence-corrected chi connectivity index (χ4v) is 3.10. The van der Waals surface area contributed by atoms with Crippen LogP contribution in [-0.4, -0.2) is 42.8 Å². The van der Waals surface area contributed by atoms with Crippen LogP contribution < -0.4 is 4.90 Å². The van der Waals surface area contributed by atoms with Gasteiger partial charge in [-0.2, -0.15) is 0 Å². The van der Waals surface area contributed by atoms with Gasteiger partial charge in [0.1, 0.15) is 0 Å². The van der Waals surface area contributed by atoms with Crippen molar-refractivity contribution in [2.24, 2.45) is 0 Å². The lowest BCUT2D eigenvalue weighted by Crippen LogP contribution is -2.37. The van der Waals surface area contributed by atoms with E-state index in [9.17, 15) is 9.59 Å². The number of carbonyl (C=O) groups excluding carboxylic acids is 2. The molecule has 0 spiro atoms. The molecule has 0 bridgehead atoms. The van der Waals surface area contributed by atoms with E-state index in [0.29, 0.717) is 12.1 Å². The predicted molar refractivity (Wildman–Crippen MR) is 76.5 cm³/mol. The number of likely N-dealkylation sites (tertiary alicyclic amines) is 1. The standard InChI is InChI=1S/C14H15BrN2O2/c15-10-3-4-12-11(9-10)13(18)14(19)17(12)8-7-16-5-1-2-6-16/h3-4,9H,1-2,5-8H2. The fraction of sp³-hybridized carbons (Fsp3) is 0.429. The molecule has 100 valence electrons. The fourth-order valence-electron chi connectivity index (χ4n) is 2.74. The second kappa shape index (κ2) is 5.06. The molecule has 2 aliphatic rings. The molecule has 0 radical (unpaired) electrons. The highest BCUT2D eigenvalue weighted by Gasteiger charge is 2.35. The van der Waals surface area contributed by atoms with Gasteiger partial charge in [0.2, 0.25) is 0 Å². The van der Waals surface area contributed by atoms with E-state index in [1.165, 1.54) is 12.8 Å². The Labute approximate surface area is 120 Å². The van der Waals surface area contributed by atoms with Crippen molar-refractivity contribution in [2.45, 2.75) is 12.8 Å². The first-order valence-electron chi connectivity index (χ1n) is 6.55. The minimum Gasteiger partial charge on any atom is -0.303 e. The Balaban J connectivity index is 1.78. The summed E-state index contributed by atoms with van der Waals surface area (Å²) in [5.74, 6) is -0.787. The van der Waals surface area contributed by atoms with E-state index in [-0.39, 0.29) is 0 Å². The van der Waals surface area contributed by atoms with Crippen molar-refractivity contribution in [1.29, 1.82) is 0 Å². The average molecular weight is 323 g/mol. The van der Waals surface area contributed by atoms with Gasteiger partial charge in [-0.15, -0.1) is 0 Å². The summed E-state index contributed by atoms with van der Waals surface area (Å²) in [7, 11) is 0. The summed E-state index contributed by atoms with van der Waals surface area (Å²) in [5, 5.41) is 0. The Hall–Kier alpha value is -1.20. The topological polar surface area (TPSA) is 40.6 Å². The highest BCUT2D eigenvalue weighted by Crippen LogP contribution is 2.31. The van der Waals surface area contributed by atoms with Crippen molar-refractivity contribution in [2.75, 3.05) is 31.1 Å². The van der Waals surface area contributed by atoms with Crippen LogP contribution in [0.2, 0.25) is 0 Å². The van der Waals surface area contributed by atoms with Gasteiger partial charge in [0, 0.05) is 17.6 Å². The Bertz CT molecular complexity index is 538. The summed E-state index contributed by atoms with van der Waals surface area (Å²) in [6, 6.07) is 5.44. The number of ketones is 1. The van der Waals surface area contributed by atoms with Gasteiger partial charge in [-0.25, -0.2) is 0 Å². The van der Waals surface area contributed by atoms with Crippen LogP contribution in [0.5, 0.6) is 0 Å². The molecule has 1 saturated heterocycles. The highest BCUT2D eigenvalue weighted by molar-refractivity contribution is 9.10. The first-order valence-corrected chi connectivity index (χ1v) is 7.34. The number of benzene rings is 1. The van der Waals surface area contributed by atoms with Crippen LogP contribution in [0.15, 0.2) is 22.7 Å². The van der Waals surface area contributed by atoms with Crippen LogP contribution >= 0.6 is 15.9 Å². The molecule has 1 fully saturated rings. The molecule has 1 aromatic carbocycles. The molecule has 0 aromatic heterocycles. The van der Waals surface area contributed by atoms with E-state index in [1.54, 1.807) is 11.0 Å². The Morgan fingerprint density at radius 1 is 1.11 bits per heavy atom. The molecule has 5 heteroatoms. The minimum absolute atomic E-state index is 0.391. The van der Waals surface area contributed by atoms with Crippen molar-refractivity contribution in [3.63, 3.8) is 0 Å². The SMILES string of the molecule is O=C1C(=O)N(CCN2CCCC2)c2ccc(Br)cc21. The van der Waals surface area contributed by atoms with Crippen molar-refractivity contribution in [3.8, 4) is 0 Å². The third kappa shape index (κ3) is 2.32. The number of halogens is 1. The average Bonchev–Trinajstić information content (AvgIpc) is 2.98. The number of nitrogens with zero attached hydrogens (tertiary/aromatic N) is 2. The number of Topliss-reactive ketones (excluding diaryl/α,β-unsaturated/α-hetero) is 1. The zero-order chi connectivity index (χ0) is 13.4. The van der Waals surface area contributed by atoms with E-state index in [1.807, 2.05) is 12.1 Å². The summed E-state index contributed by atoms with van der Waals surface area (Å²) < 4.78 is 0.828. The second-order valence-electron chi connectivity index (χ2n) is 5.00. The predicted octanol–water partition coefficient (Wildman–Crippen LogP) is 2.07. The Morgan fingerprint density at radius 3 is 2.58 bits per heavy atom. The molecule has 0 N–H and O–H groups in total. The van der Waals surface area contributed by atoms with Crippen molar-refractivity contribution in [1.82, 2.24) is 4.90 Å². The summed E-state index contributed by atoms with van der Waals surface area (Å²) in [6.07, 6.45) is 2.47. The molecule has 0 saturated carbocycles. The zero-order valence-corrected chi connectivity index (χ0v) is 12.1. The third-order valence-electron chi connectivity index (χ3n) is 3.77. The molecule has 2 aliphatic heterocycles. The molecule has 4 nitrogen and oxygen atoms in total. The van der Waals surface area contributed by atoms with Gasteiger partial charge in [-0.1, -0.05) is 15.9 Å². The van der Waals surface area contributed by atoms with Gasteiger partial charge in [-0.05, 0) is 44.1 Å². The largest absolute Gasteiger partial charge is 0.303 e. The highest BCUT2D eigenvalue weighted by atomic mass is 79.9. The van der Waals surface area contributed by atoms with Crippen molar-refractivity contribution < 1.29 is 9.59 Å². The van der Waals surface area contributed by atoms with Gasteiger partial charge >= 0.3 is 0 Å². The number of amides is 1. The quantitative estimate of drug-likeness (QED) is 0.800. The van der Waals surface area contributed by atoms with E-state index in [4.69, 9.17) is 0 Å². The molecule has 1 aromatic rings. The van der Waals surface area contributed by atoms with Crippen LogP contribution in [-0.2, 0) is 4.79 Å². The van der Waals surface area contributed by atoms with Crippen LogP contribution in [0.25, 0.3) is 0 Å². The Kier molecular flexibility index (Phi) is 3.41. The minimum atomic E-state index is -0.396. The number of anilines is 1. The molecular formula is C14H15BrN2O2. The molecule has 2 heterocycles. The second-order valence-corrected chi connectivity index (χ2v) is 5.91. The lowest BCUT2D eigenvalue weighted by molar-refractivity contribution is -0.114. The number of fused-ring (bicyclic) bond motifs is 1. The van der Waals surface area contributed by atoms with Gasteiger partial charge in [0.05, 0.1) is 11.3 Å². The maximum atomic E-state index is 12.0. The summed E-state index contributed by atoms with van der Waals surface area (Å²) in [4.78, 5) is 27.9. The lowest BCUT2D eigenvalue weighted by Gasteiger charge is -2.21. The summed E-state index contributed by atoms with van der Waals surface area (Å²) in [5.41, 5.74) is 1.26. The van der Waals surface area contributed by atoms with Crippen molar-refractivity contribution in [3.05, 3.63) is 28.2 Å². The van der Waals surface area contributed by atoms with Gasteiger partial charge in [0.25, 0.3) is 11.7 Å². The van der Waals surface area contributed by atoms with E-state index in [0.717, 1.165) is 29.8 Å². The van der Waals surface area contributed by atoms with Crippen molar-refractivity contribution >= 4 is 33.3 Å². The number of hydrogen-bond donors (Lipinski definition) is 0. The van der Waals surface area contributed by atoms with E-state index >= 15 is 0 Å². The van der Waals surface area contributed by atoms with Crippen LogP contribution in [0.3, 0.4) is 0 Å². The molecule has 1 amide bonds. The maximum Gasteiger partial charge on any atom is 0.299 e. The molecule has 19 heavy (non-hydrogen) atoms. The van der Waals surface area contributed by atoms with Crippen LogP contribution in [0.4, 0.5) is 5.69 Å². The van der Waals surface area contributed by atoms with Gasteiger partial charge < -0.3 is 9.80 Å². The van der Waals surface area contributed by atoms with Crippen LogP contribution in [0.1, 0.15) is 23.2 Å². The molecule has 3 rings (SSSR count). The van der Waals surface area contributed by atoms with E-state index < -0.39 is 11.7 Å².